The molecule has 0 amide bonds. The summed E-state index contributed by atoms with van der Waals surface area (Å²) in [7, 11) is 0. The van der Waals surface area contributed by atoms with Gasteiger partial charge < -0.3 is 4.74 Å². The maximum atomic E-state index is 8.98. The van der Waals surface area contributed by atoms with Crippen molar-refractivity contribution >= 4 is 0 Å². The average Bonchev–Trinajstić information content (AvgIpc) is 2.63. The van der Waals surface area contributed by atoms with Gasteiger partial charge in [0.25, 0.3) is 0 Å². The van der Waals surface area contributed by atoms with Crippen LogP contribution in [0.25, 0.3) is 0 Å². The first-order valence-electron chi connectivity index (χ1n) is 8.65. The molecule has 1 aromatic rings. The number of hydrogen-bond acceptors (Lipinski definition) is 5. The Bertz CT molecular complexity index is 542. The molecule has 5 heteroatoms. The quantitative estimate of drug-likeness (QED) is 0.849. The number of ether oxygens (including phenoxy) is 1. The van der Waals surface area contributed by atoms with Crippen LogP contribution in [0.1, 0.15) is 31.0 Å². The molecule has 0 spiro atoms. The van der Waals surface area contributed by atoms with Gasteiger partial charge in [-0.25, -0.2) is 0 Å². The van der Waals surface area contributed by atoms with E-state index in [1.54, 1.807) is 12.3 Å². The minimum atomic E-state index is 0.654. The summed E-state index contributed by atoms with van der Waals surface area (Å²) in [4.78, 5) is 9.44. The van der Waals surface area contributed by atoms with Crippen molar-refractivity contribution in [2.24, 2.45) is 5.92 Å². The highest BCUT2D eigenvalue weighted by Gasteiger charge is 2.28. The number of pyridine rings is 1. The van der Waals surface area contributed by atoms with Crippen molar-refractivity contribution in [1.82, 2.24) is 14.8 Å². The minimum Gasteiger partial charge on any atom is -0.379 e. The van der Waals surface area contributed by atoms with E-state index in [2.05, 4.69) is 27.8 Å². The molecule has 3 heterocycles. The van der Waals surface area contributed by atoms with E-state index < -0.39 is 0 Å². The molecule has 5 nitrogen and oxygen atoms in total. The Morgan fingerprint density at radius 2 is 2.04 bits per heavy atom. The third-order valence-electron chi connectivity index (χ3n) is 5.27. The smallest absolute Gasteiger partial charge is 0.0992 e. The highest BCUT2D eigenvalue weighted by atomic mass is 16.5. The molecule has 23 heavy (non-hydrogen) atoms. The summed E-state index contributed by atoms with van der Waals surface area (Å²) in [6.07, 6.45) is 4.23. The first-order chi connectivity index (χ1) is 11.3. The van der Waals surface area contributed by atoms with E-state index in [1.165, 1.54) is 12.8 Å². The molecule has 1 atom stereocenters. The van der Waals surface area contributed by atoms with E-state index in [-0.39, 0.29) is 0 Å². The molecule has 2 aliphatic heterocycles. The average molecular weight is 314 g/mol. The molecular weight excluding hydrogens is 288 g/mol. The summed E-state index contributed by atoms with van der Waals surface area (Å²) in [5.41, 5.74) is 1.70. The van der Waals surface area contributed by atoms with Gasteiger partial charge in [0.2, 0.25) is 0 Å². The van der Waals surface area contributed by atoms with Gasteiger partial charge >= 0.3 is 0 Å². The van der Waals surface area contributed by atoms with Crippen LogP contribution in [0.2, 0.25) is 0 Å². The molecule has 1 aromatic heterocycles. The van der Waals surface area contributed by atoms with Crippen LogP contribution in [0.5, 0.6) is 0 Å². The van der Waals surface area contributed by atoms with Crippen molar-refractivity contribution in [1.29, 1.82) is 5.26 Å². The normalized spacial score (nSPS) is 22.6. The summed E-state index contributed by atoms with van der Waals surface area (Å²) in [6, 6.07) is 6.51. The molecule has 0 aromatic carbocycles. The van der Waals surface area contributed by atoms with E-state index in [1.807, 2.05) is 6.07 Å². The molecule has 0 bridgehead atoms. The zero-order chi connectivity index (χ0) is 16.1. The molecule has 0 N–H and O–H groups in total. The SMILES string of the molecule is CC(C1CCN(Cc2cc(C#N)ccn2)CC1)N1CCOCC1. The second-order valence-electron chi connectivity index (χ2n) is 6.65. The molecule has 2 fully saturated rings. The molecule has 124 valence electrons. The van der Waals surface area contributed by atoms with Gasteiger partial charge in [-0.2, -0.15) is 5.26 Å². The Morgan fingerprint density at radius 3 is 2.74 bits per heavy atom. The van der Waals surface area contributed by atoms with E-state index in [0.29, 0.717) is 11.6 Å². The van der Waals surface area contributed by atoms with Crippen LogP contribution in [0.3, 0.4) is 0 Å². The standard InChI is InChI=1S/C18H26N4O/c1-15(22-8-10-23-11-9-22)17-3-6-21(7-4-17)14-18-12-16(13-19)2-5-20-18/h2,5,12,15,17H,3-4,6-11,14H2,1H3. The molecule has 2 saturated heterocycles. The number of hydrogen-bond donors (Lipinski definition) is 0. The number of nitriles is 1. The fraction of sp³-hybridized carbons (Fsp3) is 0.667. The van der Waals surface area contributed by atoms with Crippen LogP contribution in [0.15, 0.2) is 18.3 Å². The number of morpholine rings is 1. The molecule has 0 radical (unpaired) electrons. The Kier molecular flexibility index (Phi) is 5.60. The van der Waals surface area contributed by atoms with Crippen LogP contribution in [0.4, 0.5) is 0 Å². The van der Waals surface area contributed by atoms with Gasteiger partial charge in [0.05, 0.1) is 30.5 Å². The second kappa shape index (κ2) is 7.87. The van der Waals surface area contributed by atoms with E-state index in [0.717, 1.165) is 57.5 Å². The van der Waals surface area contributed by atoms with Crippen LogP contribution in [-0.2, 0) is 11.3 Å². The fourth-order valence-electron chi connectivity index (χ4n) is 3.74. The topological polar surface area (TPSA) is 52.4 Å². The van der Waals surface area contributed by atoms with Crippen molar-refractivity contribution < 1.29 is 4.74 Å². The molecule has 1 unspecified atom stereocenters. The van der Waals surface area contributed by atoms with Crippen LogP contribution >= 0.6 is 0 Å². The second-order valence-corrected chi connectivity index (χ2v) is 6.65. The van der Waals surface area contributed by atoms with Crippen molar-refractivity contribution in [2.75, 3.05) is 39.4 Å². The number of piperidine rings is 1. The lowest BCUT2D eigenvalue weighted by Crippen LogP contribution is -2.48. The fourth-order valence-corrected chi connectivity index (χ4v) is 3.74. The summed E-state index contributed by atoms with van der Waals surface area (Å²) >= 11 is 0. The molecule has 0 saturated carbocycles. The Hall–Kier alpha value is -1.48. The molecule has 0 aliphatic carbocycles. The first kappa shape index (κ1) is 16.4. The third kappa shape index (κ3) is 4.29. The van der Waals surface area contributed by atoms with Gasteiger partial charge in [-0.05, 0) is 50.9 Å². The summed E-state index contributed by atoms with van der Waals surface area (Å²) in [5, 5.41) is 8.98. The highest BCUT2D eigenvalue weighted by Crippen LogP contribution is 2.25. The highest BCUT2D eigenvalue weighted by molar-refractivity contribution is 5.28. The van der Waals surface area contributed by atoms with E-state index in [9.17, 15) is 0 Å². The first-order valence-corrected chi connectivity index (χ1v) is 8.65. The largest absolute Gasteiger partial charge is 0.379 e. The maximum Gasteiger partial charge on any atom is 0.0992 e. The van der Waals surface area contributed by atoms with Crippen molar-refractivity contribution in [3.05, 3.63) is 29.6 Å². The lowest BCUT2D eigenvalue weighted by atomic mass is 9.89. The summed E-state index contributed by atoms with van der Waals surface area (Å²) in [6.45, 7) is 9.39. The van der Waals surface area contributed by atoms with Crippen molar-refractivity contribution in [3.8, 4) is 6.07 Å². The zero-order valence-electron chi connectivity index (χ0n) is 13.9. The third-order valence-corrected chi connectivity index (χ3v) is 5.27. The predicted molar refractivity (Wildman–Crippen MR) is 88.8 cm³/mol. The maximum absolute atomic E-state index is 8.98. The van der Waals surface area contributed by atoms with E-state index in [4.69, 9.17) is 10.00 Å². The van der Waals surface area contributed by atoms with Gasteiger partial charge in [0.15, 0.2) is 0 Å². The van der Waals surface area contributed by atoms with Gasteiger partial charge in [-0.3, -0.25) is 14.8 Å². The Labute approximate surface area is 138 Å². The monoisotopic (exact) mass is 314 g/mol. The van der Waals surface area contributed by atoms with Gasteiger partial charge in [-0.1, -0.05) is 0 Å². The zero-order valence-corrected chi connectivity index (χ0v) is 13.9. The molecule has 2 aliphatic rings. The molecular formula is C18H26N4O. The number of rotatable bonds is 4. The van der Waals surface area contributed by atoms with Crippen LogP contribution < -0.4 is 0 Å². The Balaban J connectivity index is 1.49. The lowest BCUT2D eigenvalue weighted by molar-refractivity contribution is -0.00198. The van der Waals surface area contributed by atoms with Crippen molar-refractivity contribution in [3.63, 3.8) is 0 Å². The number of nitrogens with zero attached hydrogens (tertiary/aromatic N) is 4. The van der Waals surface area contributed by atoms with Crippen molar-refractivity contribution in [2.45, 2.75) is 32.4 Å². The minimum absolute atomic E-state index is 0.654. The van der Waals surface area contributed by atoms with E-state index >= 15 is 0 Å². The summed E-state index contributed by atoms with van der Waals surface area (Å²) < 4.78 is 5.46. The number of likely N-dealkylation sites (tertiary alicyclic amines) is 1. The summed E-state index contributed by atoms with van der Waals surface area (Å²) in [5.74, 6) is 0.780. The van der Waals surface area contributed by atoms with Gasteiger partial charge in [0.1, 0.15) is 0 Å². The van der Waals surface area contributed by atoms with Gasteiger partial charge in [-0.15, -0.1) is 0 Å². The lowest BCUT2D eigenvalue weighted by Gasteiger charge is -2.41. The van der Waals surface area contributed by atoms with Gasteiger partial charge in [0, 0.05) is 31.9 Å². The molecule has 3 rings (SSSR count). The Morgan fingerprint density at radius 1 is 1.30 bits per heavy atom. The van der Waals surface area contributed by atoms with Crippen LogP contribution in [0, 0.1) is 17.2 Å². The predicted octanol–water partition coefficient (Wildman–Crippen LogP) is 1.89. The number of aromatic nitrogens is 1. The van der Waals surface area contributed by atoms with Crippen LogP contribution in [-0.4, -0.2) is 60.2 Å².